The van der Waals surface area contributed by atoms with E-state index in [2.05, 4.69) is 38.1 Å². The quantitative estimate of drug-likeness (QED) is 0.262. The minimum Gasteiger partial charge on any atom is -0.0654 e. The van der Waals surface area contributed by atoms with Gasteiger partial charge in [-0.05, 0) is 111 Å². The summed E-state index contributed by atoms with van der Waals surface area (Å²) < 4.78 is 0. The van der Waals surface area contributed by atoms with Crippen LogP contribution in [0.15, 0.2) is 24.3 Å². The van der Waals surface area contributed by atoms with Gasteiger partial charge < -0.3 is 0 Å². The molecule has 1 aromatic rings. The lowest BCUT2D eigenvalue weighted by Gasteiger charge is -2.38. The molecule has 3 aliphatic rings. The number of benzene rings is 1. The summed E-state index contributed by atoms with van der Waals surface area (Å²) in [6.45, 7) is 4.67. The van der Waals surface area contributed by atoms with Crippen molar-refractivity contribution in [2.75, 3.05) is 0 Å². The average molecular weight is 479 g/mol. The number of hydrogen-bond acceptors (Lipinski definition) is 0. The summed E-state index contributed by atoms with van der Waals surface area (Å²) >= 11 is 0. The van der Waals surface area contributed by atoms with Crippen LogP contribution in [0.2, 0.25) is 0 Å². The minimum absolute atomic E-state index is 0.837. The Bertz CT molecular complexity index is 662. The molecule has 0 N–H and O–H groups in total. The average Bonchev–Trinajstić information content (AvgIpc) is 2.92. The van der Waals surface area contributed by atoms with E-state index in [1.165, 1.54) is 109 Å². The maximum atomic E-state index is 2.49. The summed E-state index contributed by atoms with van der Waals surface area (Å²) in [5.74, 6) is 6.07. The van der Waals surface area contributed by atoms with E-state index < -0.39 is 0 Å². The second-order valence-corrected chi connectivity index (χ2v) is 13.2. The van der Waals surface area contributed by atoms with Crippen molar-refractivity contribution < 1.29 is 0 Å². The Morgan fingerprint density at radius 3 is 1.54 bits per heavy atom. The summed E-state index contributed by atoms with van der Waals surface area (Å²) in [5, 5.41) is 0. The Kier molecular flexibility index (Phi) is 11.6. The van der Waals surface area contributed by atoms with Gasteiger partial charge in [-0.1, -0.05) is 109 Å². The van der Waals surface area contributed by atoms with Crippen molar-refractivity contribution in [3.05, 3.63) is 35.4 Å². The van der Waals surface area contributed by atoms with Crippen LogP contribution in [0.3, 0.4) is 0 Å². The maximum Gasteiger partial charge on any atom is -0.0162 e. The van der Waals surface area contributed by atoms with E-state index in [-0.39, 0.29) is 0 Å². The zero-order chi connectivity index (χ0) is 24.3. The van der Waals surface area contributed by atoms with Crippen molar-refractivity contribution >= 4 is 0 Å². The van der Waals surface area contributed by atoms with Gasteiger partial charge in [-0.15, -0.1) is 0 Å². The van der Waals surface area contributed by atoms with E-state index in [0.717, 1.165) is 35.5 Å². The summed E-state index contributed by atoms with van der Waals surface area (Å²) in [6.07, 6.45) is 30.9. The molecule has 3 saturated carbocycles. The third-order valence-electron chi connectivity index (χ3n) is 10.8. The number of aryl methyl sites for hydroxylation is 1. The lowest BCUT2D eigenvalue weighted by Crippen LogP contribution is -2.26. The fraction of sp³-hybridized carbons (Fsp3) is 0.829. The van der Waals surface area contributed by atoms with Gasteiger partial charge >= 0.3 is 0 Å². The first-order valence-corrected chi connectivity index (χ1v) is 16.3. The van der Waals surface area contributed by atoms with Gasteiger partial charge in [0.1, 0.15) is 0 Å². The molecule has 1 aromatic carbocycles. The summed E-state index contributed by atoms with van der Waals surface area (Å²) in [7, 11) is 0. The van der Waals surface area contributed by atoms with Crippen molar-refractivity contribution in [3.63, 3.8) is 0 Å². The summed E-state index contributed by atoms with van der Waals surface area (Å²) in [6, 6.07) is 9.94. The monoisotopic (exact) mass is 478 g/mol. The standard InChI is InChI=1S/C35H58/c1-3-5-7-9-29-14-22-33(23-15-29)35-26-18-31(19-27-35)11-10-30-16-24-34(25-17-30)32-20-12-28(13-21-32)8-6-4-2/h18-19,26-30,32-34H,3-17,20-25H2,1-2H3. The third kappa shape index (κ3) is 8.64. The number of hydrogen-bond donors (Lipinski definition) is 0. The lowest BCUT2D eigenvalue weighted by molar-refractivity contribution is 0.140. The van der Waals surface area contributed by atoms with Gasteiger partial charge in [0.05, 0.1) is 0 Å². The van der Waals surface area contributed by atoms with Gasteiger partial charge in [-0.25, -0.2) is 0 Å². The molecule has 0 spiro atoms. The van der Waals surface area contributed by atoms with Gasteiger partial charge in [0.15, 0.2) is 0 Å². The van der Waals surface area contributed by atoms with Crippen LogP contribution in [0.5, 0.6) is 0 Å². The lowest BCUT2D eigenvalue weighted by atomic mass is 9.68. The van der Waals surface area contributed by atoms with Gasteiger partial charge in [-0.3, -0.25) is 0 Å². The van der Waals surface area contributed by atoms with Crippen molar-refractivity contribution in [1.29, 1.82) is 0 Å². The highest BCUT2D eigenvalue weighted by Crippen LogP contribution is 2.43. The predicted molar refractivity (Wildman–Crippen MR) is 154 cm³/mol. The van der Waals surface area contributed by atoms with E-state index in [9.17, 15) is 0 Å². The first-order chi connectivity index (χ1) is 17.2. The zero-order valence-corrected chi connectivity index (χ0v) is 23.6. The van der Waals surface area contributed by atoms with Gasteiger partial charge in [0.2, 0.25) is 0 Å². The van der Waals surface area contributed by atoms with Crippen LogP contribution < -0.4 is 0 Å². The van der Waals surface area contributed by atoms with E-state index in [4.69, 9.17) is 0 Å². The second kappa shape index (κ2) is 14.8. The fourth-order valence-electron chi connectivity index (χ4n) is 8.18. The van der Waals surface area contributed by atoms with Crippen LogP contribution in [-0.2, 0) is 6.42 Å². The van der Waals surface area contributed by atoms with E-state index >= 15 is 0 Å². The normalized spacial score (nSPS) is 31.9. The zero-order valence-electron chi connectivity index (χ0n) is 23.6. The molecule has 0 atom stereocenters. The topological polar surface area (TPSA) is 0 Å². The molecule has 3 fully saturated rings. The van der Waals surface area contributed by atoms with Crippen LogP contribution in [0.1, 0.15) is 159 Å². The summed E-state index contributed by atoms with van der Waals surface area (Å²) in [4.78, 5) is 0. The largest absolute Gasteiger partial charge is 0.0654 e. The molecule has 0 radical (unpaired) electrons. The molecule has 4 rings (SSSR count). The molecule has 0 aromatic heterocycles. The number of rotatable bonds is 12. The number of unbranched alkanes of at least 4 members (excludes halogenated alkanes) is 3. The van der Waals surface area contributed by atoms with Crippen LogP contribution in [0, 0.1) is 29.6 Å². The summed E-state index contributed by atoms with van der Waals surface area (Å²) in [5.41, 5.74) is 3.22. The molecule has 198 valence electrons. The Morgan fingerprint density at radius 2 is 1.00 bits per heavy atom. The molecular weight excluding hydrogens is 420 g/mol. The smallest absolute Gasteiger partial charge is 0.0162 e. The van der Waals surface area contributed by atoms with Crippen molar-refractivity contribution in [1.82, 2.24) is 0 Å². The van der Waals surface area contributed by atoms with Crippen molar-refractivity contribution in [2.45, 2.75) is 155 Å². The highest BCUT2D eigenvalue weighted by molar-refractivity contribution is 5.26. The molecule has 0 aliphatic heterocycles. The van der Waals surface area contributed by atoms with Crippen LogP contribution in [0.25, 0.3) is 0 Å². The molecule has 0 unspecified atom stereocenters. The second-order valence-electron chi connectivity index (χ2n) is 13.2. The van der Waals surface area contributed by atoms with E-state index in [1.54, 1.807) is 36.8 Å². The van der Waals surface area contributed by atoms with E-state index in [0.29, 0.717) is 0 Å². The Labute approximate surface area is 219 Å². The van der Waals surface area contributed by atoms with Gasteiger partial charge in [0, 0.05) is 0 Å². The molecule has 0 bridgehead atoms. The molecule has 0 heterocycles. The molecule has 0 nitrogen and oxygen atoms in total. The van der Waals surface area contributed by atoms with Crippen LogP contribution in [0.4, 0.5) is 0 Å². The van der Waals surface area contributed by atoms with E-state index in [1.807, 2.05) is 0 Å². The highest BCUT2D eigenvalue weighted by atomic mass is 14.4. The molecule has 0 heteroatoms. The Balaban J connectivity index is 1.11. The molecular formula is C35H58. The molecule has 35 heavy (non-hydrogen) atoms. The Hall–Kier alpha value is -0.780. The van der Waals surface area contributed by atoms with Crippen LogP contribution in [-0.4, -0.2) is 0 Å². The fourth-order valence-corrected chi connectivity index (χ4v) is 8.18. The Morgan fingerprint density at radius 1 is 0.514 bits per heavy atom. The predicted octanol–water partition coefficient (Wildman–Crippen LogP) is 11.3. The SMILES string of the molecule is CCCCCC1CCC(c2ccc(CCC3CCC(C4CCC(CCCC)CC4)CC3)cc2)CC1. The van der Waals surface area contributed by atoms with Crippen molar-refractivity contribution in [3.8, 4) is 0 Å². The van der Waals surface area contributed by atoms with Gasteiger partial charge in [-0.2, -0.15) is 0 Å². The first kappa shape index (κ1) is 27.3. The molecule has 0 saturated heterocycles. The maximum absolute atomic E-state index is 2.49. The minimum atomic E-state index is 0.837. The third-order valence-corrected chi connectivity index (χ3v) is 10.8. The molecule has 0 amide bonds. The molecule has 3 aliphatic carbocycles. The first-order valence-electron chi connectivity index (χ1n) is 16.3. The van der Waals surface area contributed by atoms with Gasteiger partial charge in [0.25, 0.3) is 0 Å². The van der Waals surface area contributed by atoms with Crippen LogP contribution >= 0.6 is 0 Å². The van der Waals surface area contributed by atoms with Crippen molar-refractivity contribution in [2.24, 2.45) is 29.6 Å². The highest BCUT2D eigenvalue weighted by Gasteiger charge is 2.30.